The van der Waals surface area contributed by atoms with Gasteiger partial charge in [-0.3, -0.25) is 14.5 Å². The lowest BCUT2D eigenvalue weighted by atomic mass is 10.0. The van der Waals surface area contributed by atoms with Crippen molar-refractivity contribution >= 4 is 23.6 Å². The van der Waals surface area contributed by atoms with E-state index < -0.39 is 12.1 Å². The van der Waals surface area contributed by atoms with Crippen molar-refractivity contribution in [1.29, 1.82) is 0 Å². The lowest BCUT2D eigenvalue weighted by molar-refractivity contribution is -0.124. The predicted molar refractivity (Wildman–Crippen MR) is 122 cm³/mol. The number of amides is 3. The molecule has 1 heterocycles. The van der Waals surface area contributed by atoms with Crippen molar-refractivity contribution in [2.75, 3.05) is 25.0 Å². The minimum absolute atomic E-state index is 0.0144. The lowest BCUT2D eigenvalue weighted by Gasteiger charge is -2.32. The van der Waals surface area contributed by atoms with Crippen LogP contribution in [0.4, 0.5) is 10.5 Å². The van der Waals surface area contributed by atoms with Crippen molar-refractivity contribution in [3.8, 4) is 0 Å². The lowest BCUT2D eigenvalue weighted by Crippen LogP contribution is -2.51. The molecule has 3 rings (SSSR count). The highest BCUT2D eigenvalue weighted by Gasteiger charge is 2.24. The number of hydrogen-bond acceptors (Lipinski definition) is 5. The Morgan fingerprint density at radius 2 is 1.62 bits per heavy atom. The fourth-order valence-electron chi connectivity index (χ4n) is 3.49. The summed E-state index contributed by atoms with van der Waals surface area (Å²) in [5.74, 6) is -0.299. The monoisotopic (exact) mass is 438 g/mol. The third kappa shape index (κ3) is 7.70. The van der Waals surface area contributed by atoms with E-state index in [2.05, 4.69) is 20.9 Å². The fourth-order valence-corrected chi connectivity index (χ4v) is 3.49. The summed E-state index contributed by atoms with van der Waals surface area (Å²) in [5, 5.41) is 8.42. The second-order valence-electron chi connectivity index (χ2n) is 7.90. The summed E-state index contributed by atoms with van der Waals surface area (Å²) in [6.07, 6.45) is 0.862. The number of likely N-dealkylation sites (tertiary alicyclic amines) is 1. The Morgan fingerprint density at radius 3 is 2.28 bits per heavy atom. The number of rotatable bonds is 8. The molecule has 0 bridgehead atoms. The second-order valence-corrected chi connectivity index (χ2v) is 7.90. The fraction of sp³-hybridized carbons (Fsp3) is 0.375. The molecule has 1 aliphatic rings. The third-order valence-electron chi connectivity index (χ3n) is 5.30. The van der Waals surface area contributed by atoms with Gasteiger partial charge in [0.05, 0.1) is 6.54 Å². The minimum atomic E-state index is -0.701. The van der Waals surface area contributed by atoms with Gasteiger partial charge in [0.2, 0.25) is 11.8 Å². The summed E-state index contributed by atoms with van der Waals surface area (Å²) in [6, 6.07) is 18.0. The van der Waals surface area contributed by atoms with Crippen molar-refractivity contribution in [2.45, 2.75) is 38.5 Å². The number of para-hydroxylation sites is 1. The number of carbonyl (C=O) groups is 3. The van der Waals surface area contributed by atoms with Crippen LogP contribution < -0.4 is 16.0 Å². The number of carbonyl (C=O) groups excluding carboxylic acids is 3. The third-order valence-corrected chi connectivity index (χ3v) is 5.30. The molecule has 0 spiro atoms. The molecule has 1 aliphatic heterocycles. The predicted octanol–water partition coefficient (Wildman–Crippen LogP) is 2.52. The van der Waals surface area contributed by atoms with Crippen LogP contribution in [0.3, 0.4) is 0 Å². The van der Waals surface area contributed by atoms with Gasteiger partial charge in [0.15, 0.2) is 0 Å². The molecule has 32 heavy (non-hydrogen) atoms. The van der Waals surface area contributed by atoms with E-state index in [1.54, 1.807) is 6.92 Å². The first-order valence-corrected chi connectivity index (χ1v) is 10.8. The number of hydrogen-bond donors (Lipinski definition) is 3. The van der Waals surface area contributed by atoms with Gasteiger partial charge in [-0.2, -0.15) is 0 Å². The summed E-state index contributed by atoms with van der Waals surface area (Å²) in [4.78, 5) is 38.6. The Morgan fingerprint density at radius 1 is 1.00 bits per heavy atom. The van der Waals surface area contributed by atoms with Gasteiger partial charge in [-0.15, -0.1) is 0 Å². The van der Waals surface area contributed by atoms with Crippen molar-refractivity contribution < 1.29 is 19.1 Å². The summed E-state index contributed by atoms with van der Waals surface area (Å²) in [7, 11) is 0. The average Bonchev–Trinajstić information content (AvgIpc) is 2.80. The van der Waals surface area contributed by atoms with E-state index in [1.165, 1.54) is 0 Å². The molecule has 2 aromatic rings. The van der Waals surface area contributed by atoms with Crippen molar-refractivity contribution in [1.82, 2.24) is 15.5 Å². The number of ether oxygens (including phenoxy) is 1. The van der Waals surface area contributed by atoms with Crippen LogP contribution in [-0.4, -0.2) is 54.5 Å². The summed E-state index contributed by atoms with van der Waals surface area (Å²) in [6.45, 7) is 3.53. The van der Waals surface area contributed by atoms with Gasteiger partial charge in [-0.1, -0.05) is 48.5 Å². The van der Waals surface area contributed by atoms with Crippen LogP contribution in [0.5, 0.6) is 0 Å². The molecule has 8 nitrogen and oxygen atoms in total. The Kier molecular flexibility index (Phi) is 8.62. The molecule has 0 radical (unpaired) electrons. The van der Waals surface area contributed by atoms with Gasteiger partial charge in [-0.05, 0) is 37.5 Å². The quantitative estimate of drug-likeness (QED) is 0.588. The normalized spacial score (nSPS) is 15.4. The van der Waals surface area contributed by atoms with E-state index in [9.17, 15) is 14.4 Å². The topological polar surface area (TPSA) is 99.8 Å². The van der Waals surface area contributed by atoms with Crippen LogP contribution in [0.25, 0.3) is 0 Å². The average molecular weight is 439 g/mol. The van der Waals surface area contributed by atoms with E-state index >= 15 is 0 Å². The molecule has 0 aliphatic carbocycles. The molecular weight excluding hydrogens is 408 g/mol. The van der Waals surface area contributed by atoms with Crippen LogP contribution in [0.2, 0.25) is 0 Å². The van der Waals surface area contributed by atoms with Gasteiger partial charge in [-0.25, -0.2) is 4.79 Å². The zero-order valence-electron chi connectivity index (χ0n) is 18.3. The molecule has 2 aromatic carbocycles. The highest BCUT2D eigenvalue weighted by atomic mass is 16.5. The molecule has 3 N–H and O–H groups in total. The van der Waals surface area contributed by atoms with E-state index in [0.717, 1.165) is 24.1 Å². The smallest absolute Gasteiger partial charge is 0.408 e. The van der Waals surface area contributed by atoms with Crippen LogP contribution in [0, 0.1) is 0 Å². The first-order valence-electron chi connectivity index (χ1n) is 10.8. The molecule has 0 saturated carbocycles. The first kappa shape index (κ1) is 23.3. The van der Waals surface area contributed by atoms with Crippen molar-refractivity contribution in [2.24, 2.45) is 0 Å². The summed E-state index contributed by atoms with van der Waals surface area (Å²) < 4.78 is 5.16. The largest absolute Gasteiger partial charge is 0.445 e. The van der Waals surface area contributed by atoms with Crippen molar-refractivity contribution in [3.05, 3.63) is 66.2 Å². The highest BCUT2D eigenvalue weighted by Crippen LogP contribution is 2.11. The SMILES string of the molecule is C[C@@H](NC(=O)OCc1ccccc1)C(=O)NC1CCN(CC(=O)Nc2ccccc2)CC1. The van der Waals surface area contributed by atoms with Crippen LogP contribution in [0.1, 0.15) is 25.3 Å². The number of piperidine rings is 1. The maximum atomic E-state index is 12.4. The number of nitrogens with one attached hydrogen (secondary N) is 3. The Labute approximate surface area is 188 Å². The number of benzene rings is 2. The molecular formula is C24H30N4O4. The molecule has 3 amide bonds. The molecule has 8 heteroatoms. The van der Waals surface area contributed by atoms with Crippen LogP contribution in [-0.2, 0) is 20.9 Å². The van der Waals surface area contributed by atoms with E-state index in [4.69, 9.17) is 4.74 Å². The van der Waals surface area contributed by atoms with Gasteiger partial charge in [0.25, 0.3) is 0 Å². The maximum absolute atomic E-state index is 12.4. The summed E-state index contributed by atoms with van der Waals surface area (Å²) >= 11 is 0. The van der Waals surface area contributed by atoms with E-state index in [1.807, 2.05) is 60.7 Å². The standard InChI is InChI=1S/C24H30N4O4/c1-18(25-24(31)32-17-19-8-4-2-5-9-19)23(30)27-21-12-14-28(15-13-21)16-22(29)26-20-10-6-3-7-11-20/h2-11,18,21H,12-17H2,1H3,(H,25,31)(H,26,29)(H,27,30)/t18-/m1/s1. The number of nitrogens with zero attached hydrogens (tertiary/aromatic N) is 1. The van der Waals surface area contributed by atoms with E-state index in [-0.39, 0.29) is 24.5 Å². The maximum Gasteiger partial charge on any atom is 0.408 e. The van der Waals surface area contributed by atoms with Gasteiger partial charge in [0.1, 0.15) is 12.6 Å². The molecule has 1 fully saturated rings. The first-order chi connectivity index (χ1) is 15.5. The summed E-state index contributed by atoms with van der Waals surface area (Å²) in [5.41, 5.74) is 1.66. The zero-order chi connectivity index (χ0) is 22.8. The highest BCUT2D eigenvalue weighted by molar-refractivity contribution is 5.92. The van der Waals surface area contributed by atoms with Crippen molar-refractivity contribution in [3.63, 3.8) is 0 Å². The van der Waals surface area contributed by atoms with Gasteiger partial charge < -0.3 is 20.7 Å². The second kappa shape index (κ2) is 11.9. The molecule has 0 aromatic heterocycles. The Bertz CT molecular complexity index is 883. The molecule has 1 atom stereocenters. The minimum Gasteiger partial charge on any atom is -0.445 e. The number of anilines is 1. The number of alkyl carbamates (subject to hydrolysis) is 1. The Balaban J connectivity index is 1.32. The Hall–Kier alpha value is -3.39. The van der Waals surface area contributed by atoms with E-state index in [0.29, 0.717) is 19.6 Å². The van der Waals surface area contributed by atoms with Gasteiger partial charge in [0, 0.05) is 24.8 Å². The molecule has 1 saturated heterocycles. The molecule has 170 valence electrons. The van der Waals surface area contributed by atoms with Crippen LogP contribution in [0.15, 0.2) is 60.7 Å². The van der Waals surface area contributed by atoms with Gasteiger partial charge >= 0.3 is 6.09 Å². The van der Waals surface area contributed by atoms with Crippen LogP contribution >= 0.6 is 0 Å². The zero-order valence-corrected chi connectivity index (χ0v) is 18.3. The molecule has 0 unspecified atom stereocenters.